The highest BCUT2D eigenvalue weighted by atomic mass is 35.5. The van der Waals surface area contributed by atoms with Gasteiger partial charge >= 0.3 is 11.8 Å². The molecule has 0 aliphatic heterocycles. The van der Waals surface area contributed by atoms with Crippen molar-refractivity contribution in [2.45, 2.75) is 34.6 Å². The molecule has 31 heavy (non-hydrogen) atoms. The Kier molecular flexibility index (Phi) is 6.61. The maximum absolute atomic E-state index is 12.1. The molecule has 0 unspecified atom stereocenters. The fourth-order valence-corrected chi connectivity index (χ4v) is 3.56. The highest BCUT2D eigenvalue weighted by Crippen LogP contribution is 2.22. The van der Waals surface area contributed by atoms with Crippen LogP contribution in [0.2, 0.25) is 5.02 Å². The van der Waals surface area contributed by atoms with E-state index in [0.717, 1.165) is 28.2 Å². The first-order valence-electron chi connectivity index (χ1n) is 9.84. The van der Waals surface area contributed by atoms with Crippen LogP contribution in [0.1, 0.15) is 33.6 Å². The van der Waals surface area contributed by atoms with E-state index in [9.17, 15) is 9.59 Å². The predicted molar refractivity (Wildman–Crippen MR) is 125 cm³/mol. The quantitative estimate of drug-likeness (QED) is 0.351. The van der Waals surface area contributed by atoms with Gasteiger partial charge in [0.2, 0.25) is 0 Å². The summed E-state index contributed by atoms with van der Waals surface area (Å²) in [7, 11) is 0. The second kappa shape index (κ2) is 9.18. The van der Waals surface area contributed by atoms with Gasteiger partial charge in [-0.15, -0.1) is 0 Å². The van der Waals surface area contributed by atoms with Gasteiger partial charge in [-0.2, -0.15) is 5.10 Å². The van der Waals surface area contributed by atoms with Crippen molar-refractivity contribution in [1.29, 1.82) is 0 Å². The number of aromatic nitrogens is 1. The molecule has 0 bridgehead atoms. The minimum atomic E-state index is -0.853. The van der Waals surface area contributed by atoms with Gasteiger partial charge in [0.05, 0.1) is 6.21 Å². The summed E-state index contributed by atoms with van der Waals surface area (Å²) in [6.07, 6.45) is 1.54. The van der Waals surface area contributed by atoms with E-state index in [-0.39, 0.29) is 0 Å². The summed E-state index contributed by atoms with van der Waals surface area (Å²) in [4.78, 5) is 24.2. The topological polar surface area (TPSA) is 75.5 Å². The van der Waals surface area contributed by atoms with Crippen LogP contribution in [0.5, 0.6) is 0 Å². The van der Waals surface area contributed by atoms with Gasteiger partial charge in [-0.3, -0.25) is 9.59 Å². The van der Waals surface area contributed by atoms with Crippen molar-refractivity contribution in [3.05, 3.63) is 81.1 Å². The standard InChI is InChI=1S/C24H25ClN4O2/c1-14-6-8-21(11-15(14)2)29-17(4)12-19(18(29)5)13-26-28-24(31)23(30)27-22-9-7-20(25)10-16(22)3/h6-13H,1-5H3,(H,27,30)(H,28,31)/b26-13-. The molecular weight excluding hydrogens is 412 g/mol. The number of nitrogens with zero attached hydrogens (tertiary/aromatic N) is 2. The van der Waals surface area contributed by atoms with Crippen molar-refractivity contribution >= 4 is 35.3 Å². The number of aryl methyl sites for hydroxylation is 4. The lowest BCUT2D eigenvalue weighted by Crippen LogP contribution is -2.32. The number of amides is 2. The molecule has 0 radical (unpaired) electrons. The minimum Gasteiger partial charge on any atom is -0.318 e. The normalized spacial score (nSPS) is 11.0. The molecule has 2 N–H and O–H groups in total. The van der Waals surface area contributed by atoms with Crippen LogP contribution >= 0.6 is 11.6 Å². The zero-order chi connectivity index (χ0) is 22.7. The summed E-state index contributed by atoms with van der Waals surface area (Å²) < 4.78 is 2.13. The second-order valence-electron chi connectivity index (χ2n) is 7.54. The number of hydrazone groups is 1. The lowest BCUT2D eigenvalue weighted by molar-refractivity contribution is -0.136. The van der Waals surface area contributed by atoms with Crippen LogP contribution in [0.15, 0.2) is 47.6 Å². The second-order valence-corrected chi connectivity index (χ2v) is 7.98. The van der Waals surface area contributed by atoms with Crippen molar-refractivity contribution in [1.82, 2.24) is 9.99 Å². The molecule has 0 saturated carbocycles. The maximum Gasteiger partial charge on any atom is 0.329 e. The summed E-state index contributed by atoms with van der Waals surface area (Å²) in [5.41, 5.74) is 9.97. The average molecular weight is 437 g/mol. The molecule has 3 aromatic rings. The third-order valence-corrected chi connectivity index (χ3v) is 5.47. The fraction of sp³-hybridized carbons (Fsp3) is 0.208. The van der Waals surface area contributed by atoms with Crippen LogP contribution in [0, 0.1) is 34.6 Å². The van der Waals surface area contributed by atoms with Crippen LogP contribution in [0.25, 0.3) is 5.69 Å². The van der Waals surface area contributed by atoms with E-state index in [4.69, 9.17) is 11.6 Å². The van der Waals surface area contributed by atoms with Crippen molar-refractivity contribution in [2.24, 2.45) is 5.10 Å². The molecule has 1 aromatic heterocycles. The van der Waals surface area contributed by atoms with Gasteiger partial charge in [0.15, 0.2) is 0 Å². The number of nitrogens with one attached hydrogen (secondary N) is 2. The summed E-state index contributed by atoms with van der Waals surface area (Å²) in [6, 6.07) is 13.3. The average Bonchev–Trinajstić information content (AvgIpc) is 2.99. The van der Waals surface area contributed by atoms with E-state index < -0.39 is 11.8 Å². The van der Waals surface area contributed by atoms with Crippen molar-refractivity contribution < 1.29 is 9.59 Å². The van der Waals surface area contributed by atoms with Gasteiger partial charge in [-0.05, 0) is 87.7 Å². The predicted octanol–water partition coefficient (Wildman–Crippen LogP) is 4.76. The van der Waals surface area contributed by atoms with Gasteiger partial charge in [0, 0.05) is 33.3 Å². The van der Waals surface area contributed by atoms with Gasteiger partial charge in [0.1, 0.15) is 0 Å². The van der Waals surface area contributed by atoms with E-state index in [2.05, 4.69) is 52.5 Å². The number of hydrogen-bond acceptors (Lipinski definition) is 3. The van der Waals surface area contributed by atoms with Crippen LogP contribution in [-0.2, 0) is 9.59 Å². The zero-order valence-corrected chi connectivity index (χ0v) is 19.0. The van der Waals surface area contributed by atoms with Crippen LogP contribution < -0.4 is 10.7 Å². The molecule has 0 saturated heterocycles. The Morgan fingerprint density at radius 3 is 2.32 bits per heavy atom. The van der Waals surface area contributed by atoms with Crippen molar-refractivity contribution in [3.8, 4) is 5.69 Å². The van der Waals surface area contributed by atoms with Crippen LogP contribution in [0.4, 0.5) is 5.69 Å². The van der Waals surface area contributed by atoms with E-state index in [1.54, 1.807) is 31.3 Å². The Morgan fingerprint density at radius 2 is 1.65 bits per heavy atom. The largest absolute Gasteiger partial charge is 0.329 e. The monoisotopic (exact) mass is 436 g/mol. The lowest BCUT2D eigenvalue weighted by Gasteiger charge is -2.11. The van der Waals surface area contributed by atoms with Gasteiger partial charge < -0.3 is 9.88 Å². The molecule has 0 aliphatic rings. The summed E-state index contributed by atoms with van der Waals surface area (Å²) in [5, 5.41) is 7.07. The van der Waals surface area contributed by atoms with Gasteiger partial charge in [-0.25, -0.2) is 5.43 Å². The zero-order valence-electron chi connectivity index (χ0n) is 18.2. The maximum atomic E-state index is 12.1. The molecule has 1 heterocycles. The first-order chi connectivity index (χ1) is 14.7. The highest BCUT2D eigenvalue weighted by molar-refractivity contribution is 6.39. The lowest BCUT2D eigenvalue weighted by atomic mass is 10.1. The van der Waals surface area contributed by atoms with Crippen LogP contribution in [-0.4, -0.2) is 22.6 Å². The Balaban J connectivity index is 1.70. The van der Waals surface area contributed by atoms with Crippen molar-refractivity contribution in [2.75, 3.05) is 5.32 Å². The fourth-order valence-electron chi connectivity index (χ4n) is 3.34. The SMILES string of the molecule is Cc1ccc(-n2c(C)cc(/C=N\NC(=O)C(=O)Nc3ccc(Cl)cc3C)c2C)cc1C. The molecule has 0 atom stereocenters. The molecule has 2 aromatic carbocycles. The summed E-state index contributed by atoms with van der Waals surface area (Å²) in [5.74, 6) is -1.66. The molecule has 0 fully saturated rings. The van der Waals surface area contributed by atoms with E-state index in [0.29, 0.717) is 10.7 Å². The van der Waals surface area contributed by atoms with Crippen LogP contribution in [0.3, 0.4) is 0 Å². The highest BCUT2D eigenvalue weighted by Gasteiger charge is 2.15. The van der Waals surface area contributed by atoms with Gasteiger partial charge in [0.25, 0.3) is 0 Å². The molecule has 7 heteroatoms. The molecular formula is C24H25ClN4O2. The third-order valence-electron chi connectivity index (χ3n) is 5.23. The molecule has 0 aliphatic carbocycles. The summed E-state index contributed by atoms with van der Waals surface area (Å²) in [6.45, 7) is 9.96. The number of carbonyl (C=O) groups is 2. The Morgan fingerprint density at radius 1 is 0.903 bits per heavy atom. The molecule has 160 valence electrons. The molecule has 2 amide bonds. The van der Waals surface area contributed by atoms with E-state index in [1.165, 1.54) is 11.1 Å². The minimum absolute atomic E-state index is 0.519. The number of carbonyl (C=O) groups excluding carboxylic acids is 2. The first kappa shape index (κ1) is 22.3. The Labute approximate surface area is 186 Å². The van der Waals surface area contributed by atoms with Gasteiger partial charge in [-0.1, -0.05) is 17.7 Å². The number of rotatable bonds is 4. The number of benzene rings is 2. The number of hydrogen-bond donors (Lipinski definition) is 2. The molecule has 6 nitrogen and oxygen atoms in total. The number of anilines is 1. The summed E-state index contributed by atoms with van der Waals surface area (Å²) >= 11 is 5.91. The smallest absolute Gasteiger partial charge is 0.318 e. The van der Waals surface area contributed by atoms with E-state index in [1.807, 2.05) is 19.9 Å². The first-order valence-corrected chi connectivity index (χ1v) is 10.2. The molecule has 0 spiro atoms. The Hall–Kier alpha value is -3.38. The molecule has 3 rings (SSSR count). The number of halogens is 1. The Bertz CT molecular complexity index is 1190. The van der Waals surface area contributed by atoms with E-state index >= 15 is 0 Å². The third kappa shape index (κ3) is 5.03. The van der Waals surface area contributed by atoms with Crippen molar-refractivity contribution in [3.63, 3.8) is 0 Å².